The molecule has 0 spiro atoms. The first-order valence-electron chi connectivity index (χ1n) is 6.89. The molecule has 0 radical (unpaired) electrons. The van der Waals surface area contributed by atoms with Crippen LogP contribution in [-0.2, 0) is 9.53 Å². The van der Waals surface area contributed by atoms with Gasteiger partial charge in [0, 0.05) is 25.2 Å². The van der Waals surface area contributed by atoms with Crippen molar-refractivity contribution >= 4 is 5.97 Å². The van der Waals surface area contributed by atoms with Gasteiger partial charge in [-0.15, -0.1) is 0 Å². The van der Waals surface area contributed by atoms with Gasteiger partial charge in [0.2, 0.25) is 0 Å². The second-order valence-electron chi connectivity index (χ2n) is 4.21. The molecule has 0 amide bonds. The maximum absolute atomic E-state index is 11.3. The third-order valence-electron chi connectivity index (χ3n) is 2.91. The molecule has 4 heteroatoms. The lowest BCUT2D eigenvalue weighted by Gasteiger charge is -2.19. The summed E-state index contributed by atoms with van der Waals surface area (Å²) in [5.41, 5.74) is 0.742. The van der Waals surface area contributed by atoms with E-state index in [-0.39, 0.29) is 5.97 Å². The molecule has 0 aliphatic rings. The van der Waals surface area contributed by atoms with E-state index < -0.39 is 0 Å². The molecule has 0 aliphatic heterocycles. The fourth-order valence-corrected chi connectivity index (χ4v) is 1.78. The van der Waals surface area contributed by atoms with Gasteiger partial charge in [-0.05, 0) is 25.9 Å². The minimum absolute atomic E-state index is 0.222. The van der Waals surface area contributed by atoms with Gasteiger partial charge in [-0.1, -0.05) is 26.8 Å². The van der Waals surface area contributed by atoms with Crippen molar-refractivity contribution < 1.29 is 9.53 Å². The molecular formula is C14H28N2O2. The number of likely N-dealkylation sites (N-methyl/N-ethyl adjacent to an activating group) is 1. The molecule has 0 aliphatic carbocycles. The summed E-state index contributed by atoms with van der Waals surface area (Å²) in [4.78, 5) is 13.7. The predicted molar refractivity (Wildman–Crippen MR) is 75.7 cm³/mol. The largest absolute Gasteiger partial charge is 0.466 e. The Kier molecular flexibility index (Phi) is 10.7. The van der Waals surface area contributed by atoms with Crippen LogP contribution in [0.1, 0.15) is 33.6 Å². The van der Waals surface area contributed by atoms with Gasteiger partial charge in [-0.3, -0.25) is 0 Å². The van der Waals surface area contributed by atoms with Gasteiger partial charge < -0.3 is 15.0 Å². The molecule has 18 heavy (non-hydrogen) atoms. The van der Waals surface area contributed by atoms with Crippen molar-refractivity contribution in [1.82, 2.24) is 10.2 Å². The molecule has 0 unspecified atom stereocenters. The third kappa shape index (κ3) is 7.45. The molecule has 0 heterocycles. The van der Waals surface area contributed by atoms with E-state index in [0.717, 1.165) is 38.3 Å². The number of rotatable bonds is 10. The van der Waals surface area contributed by atoms with Gasteiger partial charge in [0.1, 0.15) is 0 Å². The Hall–Kier alpha value is -0.870. The number of esters is 1. The number of nitrogens with one attached hydrogen (secondary N) is 1. The number of carbonyl (C=O) groups is 1. The smallest absolute Gasteiger partial charge is 0.333 e. The summed E-state index contributed by atoms with van der Waals surface area (Å²) in [6.07, 6.45) is 3.82. The summed E-state index contributed by atoms with van der Waals surface area (Å²) in [6, 6.07) is 0. The average molecular weight is 256 g/mol. The molecule has 0 aromatic heterocycles. The molecule has 0 rings (SSSR count). The van der Waals surface area contributed by atoms with Crippen molar-refractivity contribution in [3.05, 3.63) is 11.6 Å². The van der Waals surface area contributed by atoms with Crippen LogP contribution in [0.2, 0.25) is 0 Å². The van der Waals surface area contributed by atoms with Crippen LogP contribution in [0.4, 0.5) is 0 Å². The Balaban J connectivity index is 3.83. The van der Waals surface area contributed by atoms with Crippen LogP contribution >= 0.6 is 0 Å². The Bertz CT molecular complexity index is 252. The van der Waals surface area contributed by atoms with E-state index in [0.29, 0.717) is 6.42 Å². The highest BCUT2D eigenvalue weighted by atomic mass is 16.5. The first-order chi connectivity index (χ1) is 8.69. The first-order valence-corrected chi connectivity index (χ1v) is 6.89. The van der Waals surface area contributed by atoms with E-state index in [9.17, 15) is 4.79 Å². The summed E-state index contributed by atoms with van der Waals surface area (Å²) >= 11 is 0. The molecule has 0 saturated heterocycles. The number of carbonyl (C=O) groups excluding carboxylic acids is 1. The second-order valence-corrected chi connectivity index (χ2v) is 4.21. The van der Waals surface area contributed by atoms with Crippen LogP contribution < -0.4 is 5.32 Å². The third-order valence-corrected chi connectivity index (χ3v) is 2.91. The van der Waals surface area contributed by atoms with Gasteiger partial charge in [0.15, 0.2) is 0 Å². The lowest BCUT2D eigenvalue weighted by atomic mass is 10.2. The van der Waals surface area contributed by atoms with Crippen LogP contribution in [0.25, 0.3) is 0 Å². The molecule has 0 aromatic rings. The van der Waals surface area contributed by atoms with Gasteiger partial charge >= 0.3 is 5.97 Å². The zero-order chi connectivity index (χ0) is 13.8. The van der Waals surface area contributed by atoms with Crippen molar-refractivity contribution in [2.75, 3.05) is 39.8 Å². The normalized spacial score (nSPS) is 11.9. The predicted octanol–water partition coefficient (Wildman–Crippen LogP) is 1.82. The number of ether oxygens (including phenoxy) is 1. The second kappa shape index (κ2) is 11.2. The Morgan fingerprint density at radius 3 is 2.50 bits per heavy atom. The maximum Gasteiger partial charge on any atom is 0.333 e. The van der Waals surface area contributed by atoms with Crippen LogP contribution in [0, 0.1) is 0 Å². The highest BCUT2D eigenvalue weighted by Gasteiger charge is 2.05. The molecular weight excluding hydrogens is 228 g/mol. The Labute approximate surface area is 111 Å². The van der Waals surface area contributed by atoms with Gasteiger partial charge in [0.25, 0.3) is 0 Å². The lowest BCUT2D eigenvalue weighted by molar-refractivity contribution is -0.136. The summed E-state index contributed by atoms with van der Waals surface area (Å²) in [5.74, 6) is -0.222. The molecule has 4 nitrogen and oxygen atoms in total. The fourth-order valence-electron chi connectivity index (χ4n) is 1.78. The van der Waals surface area contributed by atoms with Crippen LogP contribution in [0.5, 0.6) is 0 Å². The van der Waals surface area contributed by atoms with Crippen molar-refractivity contribution in [2.24, 2.45) is 0 Å². The van der Waals surface area contributed by atoms with E-state index in [4.69, 9.17) is 4.74 Å². The summed E-state index contributed by atoms with van der Waals surface area (Å²) < 4.78 is 4.70. The first kappa shape index (κ1) is 17.1. The number of nitrogens with zero attached hydrogens (tertiary/aromatic N) is 1. The van der Waals surface area contributed by atoms with Crippen molar-refractivity contribution in [1.29, 1.82) is 0 Å². The monoisotopic (exact) mass is 256 g/mol. The van der Waals surface area contributed by atoms with E-state index in [2.05, 4.69) is 24.1 Å². The Morgan fingerprint density at radius 2 is 2.00 bits per heavy atom. The van der Waals surface area contributed by atoms with E-state index in [1.807, 2.05) is 13.0 Å². The number of methoxy groups -OCH3 is 1. The topological polar surface area (TPSA) is 41.6 Å². The van der Waals surface area contributed by atoms with Crippen molar-refractivity contribution in [2.45, 2.75) is 33.6 Å². The van der Waals surface area contributed by atoms with E-state index in [1.54, 1.807) is 0 Å². The van der Waals surface area contributed by atoms with Gasteiger partial charge in [-0.2, -0.15) is 0 Å². The molecule has 1 N–H and O–H groups in total. The van der Waals surface area contributed by atoms with Crippen LogP contribution in [-0.4, -0.2) is 50.7 Å². The fraction of sp³-hybridized carbons (Fsp3) is 0.786. The zero-order valence-corrected chi connectivity index (χ0v) is 12.3. The lowest BCUT2D eigenvalue weighted by Crippen LogP contribution is -2.32. The van der Waals surface area contributed by atoms with E-state index >= 15 is 0 Å². The highest BCUT2D eigenvalue weighted by molar-refractivity contribution is 5.88. The summed E-state index contributed by atoms with van der Waals surface area (Å²) in [7, 11) is 1.42. The highest BCUT2D eigenvalue weighted by Crippen LogP contribution is 2.01. The van der Waals surface area contributed by atoms with Crippen LogP contribution in [0.15, 0.2) is 11.6 Å². The van der Waals surface area contributed by atoms with Crippen molar-refractivity contribution in [3.63, 3.8) is 0 Å². The Morgan fingerprint density at radius 1 is 1.28 bits per heavy atom. The molecule has 0 aromatic carbocycles. The minimum atomic E-state index is -0.222. The van der Waals surface area contributed by atoms with Crippen molar-refractivity contribution in [3.8, 4) is 0 Å². The summed E-state index contributed by atoms with van der Waals surface area (Å²) in [5, 5.41) is 3.33. The van der Waals surface area contributed by atoms with Gasteiger partial charge in [0.05, 0.1) is 7.11 Å². The van der Waals surface area contributed by atoms with Gasteiger partial charge in [-0.25, -0.2) is 4.79 Å². The van der Waals surface area contributed by atoms with Crippen LogP contribution in [0.3, 0.4) is 0 Å². The quantitative estimate of drug-likeness (QED) is 0.368. The molecule has 0 bridgehead atoms. The molecule has 106 valence electrons. The molecule has 0 fully saturated rings. The minimum Gasteiger partial charge on any atom is -0.466 e. The molecule has 0 atom stereocenters. The number of hydrogen-bond acceptors (Lipinski definition) is 4. The summed E-state index contributed by atoms with van der Waals surface area (Å²) in [6.45, 7) is 11.3. The van der Waals surface area contributed by atoms with E-state index in [1.165, 1.54) is 13.5 Å². The zero-order valence-electron chi connectivity index (χ0n) is 12.3. The maximum atomic E-state index is 11.3. The standard InChI is InChI=1S/C14H28N2O2/c1-5-11-16(7-3)12-10-15-9-8-13(6-2)14(17)18-4/h8,15H,5-7,9-12H2,1-4H3/b13-8-. The average Bonchev–Trinajstić information content (AvgIpc) is 2.40. The SMILES string of the molecule is CCCN(CC)CCNC/C=C(/CC)C(=O)OC. The number of hydrogen-bond donors (Lipinski definition) is 1. The molecule has 0 saturated carbocycles.